The van der Waals surface area contributed by atoms with E-state index in [4.69, 9.17) is 9.15 Å². The third kappa shape index (κ3) is 4.48. The molecule has 2 heterocycles. The van der Waals surface area contributed by atoms with Crippen molar-refractivity contribution < 1.29 is 13.9 Å². The van der Waals surface area contributed by atoms with Crippen LogP contribution in [0.5, 0.6) is 5.75 Å². The number of aromatic nitrogens is 3. The number of amides is 1. The van der Waals surface area contributed by atoms with Crippen LogP contribution >= 0.6 is 11.8 Å². The van der Waals surface area contributed by atoms with Crippen LogP contribution in [0.15, 0.2) is 52.2 Å². The van der Waals surface area contributed by atoms with E-state index in [2.05, 4.69) is 10.2 Å². The van der Waals surface area contributed by atoms with Crippen molar-refractivity contribution in [3.63, 3.8) is 0 Å². The Kier molecular flexibility index (Phi) is 5.89. The molecule has 8 heteroatoms. The second-order valence-electron chi connectivity index (χ2n) is 6.90. The van der Waals surface area contributed by atoms with Crippen molar-refractivity contribution in [1.29, 1.82) is 0 Å². The normalized spacial score (nSPS) is 13.4. The van der Waals surface area contributed by atoms with E-state index in [1.807, 2.05) is 52.8 Å². The van der Waals surface area contributed by atoms with Gasteiger partial charge in [0.15, 0.2) is 11.0 Å². The van der Waals surface area contributed by atoms with Crippen LogP contribution in [0.1, 0.15) is 25.5 Å². The maximum atomic E-state index is 12.6. The number of carbonyl (C=O) groups excluding carboxylic acids is 1. The number of ether oxygens (including phenoxy) is 1. The standard InChI is InChI=1S/C21H24N4O3S/c1-3-24(16-8-9-16)19(26)14-29-21-23-22-20(15-6-10-17(27-2)11-7-15)25(21)13-18-5-4-12-28-18/h4-7,10-12,16H,3,8-9,13-14H2,1-2H3. The van der Waals surface area contributed by atoms with E-state index in [0.29, 0.717) is 23.5 Å². The predicted molar refractivity (Wildman–Crippen MR) is 111 cm³/mol. The smallest absolute Gasteiger partial charge is 0.233 e. The first-order chi connectivity index (χ1) is 14.2. The molecule has 1 amide bonds. The summed E-state index contributed by atoms with van der Waals surface area (Å²) in [5, 5.41) is 9.46. The van der Waals surface area contributed by atoms with E-state index in [0.717, 1.165) is 42.3 Å². The Morgan fingerprint density at radius 2 is 2.07 bits per heavy atom. The molecule has 29 heavy (non-hydrogen) atoms. The highest BCUT2D eigenvalue weighted by Crippen LogP contribution is 2.29. The molecule has 0 spiro atoms. The molecule has 0 aliphatic heterocycles. The topological polar surface area (TPSA) is 73.4 Å². The number of furan rings is 1. The van der Waals surface area contributed by atoms with Crippen molar-refractivity contribution in [2.75, 3.05) is 19.4 Å². The van der Waals surface area contributed by atoms with Gasteiger partial charge in [0.05, 0.1) is 25.7 Å². The maximum absolute atomic E-state index is 12.6. The fraction of sp³-hybridized carbons (Fsp3) is 0.381. The molecule has 1 fully saturated rings. The first-order valence-corrected chi connectivity index (χ1v) is 10.7. The van der Waals surface area contributed by atoms with Gasteiger partial charge in [-0.1, -0.05) is 11.8 Å². The van der Waals surface area contributed by atoms with Crippen molar-refractivity contribution >= 4 is 17.7 Å². The molecule has 1 aliphatic carbocycles. The van der Waals surface area contributed by atoms with Gasteiger partial charge in [-0.2, -0.15) is 0 Å². The molecule has 0 bridgehead atoms. The molecule has 0 atom stereocenters. The van der Waals surface area contributed by atoms with E-state index in [1.54, 1.807) is 13.4 Å². The molecule has 1 aliphatic rings. The van der Waals surface area contributed by atoms with E-state index < -0.39 is 0 Å². The van der Waals surface area contributed by atoms with E-state index in [9.17, 15) is 4.79 Å². The van der Waals surface area contributed by atoms with Crippen LogP contribution in [-0.2, 0) is 11.3 Å². The first kappa shape index (κ1) is 19.6. The molecule has 0 radical (unpaired) electrons. The van der Waals surface area contributed by atoms with E-state index >= 15 is 0 Å². The van der Waals surface area contributed by atoms with Crippen molar-refractivity contribution in [2.24, 2.45) is 0 Å². The van der Waals surface area contributed by atoms with Gasteiger partial charge in [0, 0.05) is 18.2 Å². The Morgan fingerprint density at radius 1 is 1.28 bits per heavy atom. The number of thioether (sulfide) groups is 1. The minimum Gasteiger partial charge on any atom is -0.497 e. The van der Waals surface area contributed by atoms with Gasteiger partial charge >= 0.3 is 0 Å². The Hall–Kier alpha value is -2.74. The van der Waals surface area contributed by atoms with Crippen LogP contribution in [0.4, 0.5) is 0 Å². The van der Waals surface area contributed by atoms with Crippen LogP contribution < -0.4 is 4.74 Å². The van der Waals surface area contributed by atoms with Crippen molar-refractivity contribution in [2.45, 2.75) is 37.5 Å². The summed E-state index contributed by atoms with van der Waals surface area (Å²) in [7, 11) is 1.64. The fourth-order valence-corrected chi connectivity index (χ4v) is 4.11. The summed E-state index contributed by atoms with van der Waals surface area (Å²) in [5.41, 5.74) is 0.927. The van der Waals surface area contributed by atoms with Crippen LogP contribution in [-0.4, -0.2) is 51.0 Å². The molecular formula is C21H24N4O3S. The van der Waals surface area contributed by atoms with Gasteiger partial charge in [-0.3, -0.25) is 9.36 Å². The lowest BCUT2D eigenvalue weighted by Crippen LogP contribution is -2.34. The summed E-state index contributed by atoms with van der Waals surface area (Å²) in [6.07, 6.45) is 3.87. The highest BCUT2D eigenvalue weighted by molar-refractivity contribution is 7.99. The van der Waals surface area contributed by atoms with Crippen molar-refractivity contribution in [3.8, 4) is 17.1 Å². The SMILES string of the molecule is CCN(C(=O)CSc1nnc(-c2ccc(OC)cc2)n1Cc1ccco1)C1CC1. The molecule has 2 aromatic heterocycles. The number of hydrogen-bond acceptors (Lipinski definition) is 6. The van der Waals surface area contributed by atoms with Crippen molar-refractivity contribution in [3.05, 3.63) is 48.4 Å². The third-order valence-electron chi connectivity index (χ3n) is 4.93. The quantitative estimate of drug-likeness (QED) is 0.499. The summed E-state index contributed by atoms with van der Waals surface area (Å²) >= 11 is 1.42. The monoisotopic (exact) mass is 412 g/mol. The Labute approximate surface area is 174 Å². The highest BCUT2D eigenvalue weighted by atomic mass is 32.2. The number of hydrogen-bond donors (Lipinski definition) is 0. The molecular weight excluding hydrogens is 388 g/mol. The van der Waals surface area contributed by atoms with Crippen LogP contribution in [0.25, 0.3) is 11.4 Å². The average Bonchev–Trinajstić information content (AvgIpc) is 3.29. The fourth-order valence-electron chi connectivity index (χ4n) is 3.28. The Bertz CT molecular complexity index is 949. The number of methoxy groups -OCH3 is 1. The minimum atomic E-state index is 0.151. The van der Waals surface area contributed by atoms with Crippen LogP contribution in [0.2, 0.25) is 0 Å². The summed E-state index contributed by atoms with van der Waals surface area (Å²) < 4.78 is 12.8. The molecule has 0 N–H and O–H groups in total. The number of benzene rings is 1. The van der Waals surface area contributed by atoms with Gasteiger partial charge in [0.1, 0.15) is 11.5 Å². The predicted octanol–water partition coefficient (Wildman–Crippen LogP) is 3.70. The second-order valence-corrected chi connectivity index (χ2v) is 7.84. The zero-order valence-corrected chi connectivity index (χ0v) is 17.4. The number of nitrogens with zero attached hydrogens (tertiary/aromatic N) is 4. The summed E-state index contributed by atoms with van der Waals surface area (Å²) in [5.74, 6) is 2.82. The molecule has 1 saturated carbocycles. The largest absolute Gasteiger partial charge is 0.497 e. The van der Waals surface area contributed by atoms with Gasteiger partial charge in [0.25, 0.3) is 0 Å². The van der Waals surface area contributed by atoms with E-state index in [-0.39, 0.29) is 5.91 Å². The van der Waals surface area contributed by atoms with Crippen molar-refractivity contribution in [1.82, 2.24) is 19.7 Å². The summed E-state index contributed by atoms with van der Waals surface area (Å²) in [6, 6.07) is 11.9. The number of rotatable bonds is 9. The molecule has 7 nitrogen and oxygen atoms in total. The molecule has 1 aromatic carbocycles. The highest BCUT2D eigenvalue weighted by Gasteiger charge is 2.31. The lowest BCUT2D eigenvalue weighted by atomic mass is 10.2. The molecule has 3 aromatic rings. The Morgan fingerprint density at radius 3 is 2.69 bits per heavy atom. The second kappa shape index (κ2) is 8.73. The molecule has 0 unspecified atom stereocenters. The van der Waals surface area contributed by atoms with Gasteiger partial charge in [-0.15, -0.1) is 10.2 Å². The number of carbonyl (C=O) groups is 1. The third-order valence-corrected chi connectivity index (χ3v) is 5.88. The van der Waals surface area contributed by atoms with Gasteiger partial charge in [-0.25, -0.2) is 0 Å². The van der Waals surface area contributed by atoms with Crippen LogP contribution in [0, 0.1) is 0 Å². The molecule has 4 rings (SSSR count). The Balaban J connectivity index is 1.57. The van der Waals surface area contributed by atoms with Crippen LogP contribution in [0.3, 0.4) is 0 Å². The minimum absolute atomic E-state index is 0.151. The van der Waals surface area contributed by atoms with Gasteiger partial charge in [0.2, 0.25) is 5.91 Å². The lowest BCUT2D eigenvalue weighted by Gasteiger charge is -2.19. The molecule has 152 valence electrons. The summed E-state index contributed by atoms with van der Waals surface area (Å²) in [4.78, 5) is 14.6. The first-order valence-electron chi connectivity index (χ1n) is 9.72. The van der Waals surface area contributed by atoms with E-state index in [1.165, 1.54) is 11.8 Å². The summed E-state index contributed by atoms with van der Waals surface area (Å²) in [6.45, 7) is 3.28. The zero-order valence-electron chi connectivity index (χ0n) is 16.6. The lowest BCUT2D eigenvalue weighted by molar-refractivity contribution is -0.128. The van der Waals surface area contributed by atoms with Gasteiger partial charge < -0.3 is 14.1 Å². The average molecular weight is 413 g/mol. The molecule has 0 saturated heterocycles. The maximum Gasteiger partial charge on any atom is 0.233 e. The zero-order chi connectivity index (χ0) is 20.2. The van der Waals surface area contributed by atoms with Gasteiger partial charge in [-0.05, 0) is 56.2 Å².